The number of carbonyl (C=O) groups is 1. The van der Waals surface area contributed by atoms with E-state index in [2.05, 4.69) is 41.0 Å². The van der Waals surface area contributed by atoms with Crippen molar-refractivity contribution in [3.63, 3.8) is 0 Å². The number of benzene rings is 1. The summed E-state index contributed by atoms with van der Waals surface area (Å²) < 4.78 is 1.29. The van der Waals surface area contributed by atoms with E-state index in [4.69, 9.17) is 4.98 Å². The summed E-state index contributed by atoms with van der Waals surface area (Å²) in [5.74, 6) is 1.53. The molecule has 0 N–H and O–H groups in total. The zero-order valence-electron chi connectivity index (χ0n) is 15.0. The normalized spacial score (nSPS) is 23.2. The van der Waals surface area contributed by atoms with Gasteiger partial charge in [-0.25, -0.2) is 4.98 Å². The number of amides is 1. The monoisotopic (exact) mass is 357 g/mol. The highest BCUT2D eigenvalue weighted by Crippen LogP contribution is 2.33. The van der Waals surface area contributed by atoms with E-state index in [0.29, 0.717) is 24.3 Å². The van der Waals surface area contributed by atoms with Crippen LogP contribution in [0.3, 0.4) is 0 Å². The molecule has 0 bridgehead atoms. The molecule has 3 heterocycles. The minimum Gasteiger partial charge on any atom is -0.341 e. The maximum atomic E-state index is 12.6. The highest BCUT2D eigenvalue weighted by molar-refractivity contribution is 7.18. The van der Waals surface area contributed by atoms with Crippen LogP contribution in [-0.2, 0) is 4.79 Å². The highest BCUT2D eigenvalue weighted by atomic mass is 32.1. The summed E-state index contributed by atoms with van der Waals surface area (Å²) >= 11 is 1.84. The van der Waals surface area contributed by atoms with Gasteiger partial charge in [-0.3, -0.25) is 9.69 Å². The third-order valence-electron chi connectivity index (χ3n) is 5.62. The van der Waals surface area contributed by atoms with Crippen molar-refractivity contribution in [2.24, 2.45) is 5.92 Å². The molecule has 2 aliphatic heterocycles. The molecule has 1 amide bonds. The third kappa shape index (κ3) is 3.87. The van der Waals surface area contributed by atoms with Gasteiger partial charge in [-0.05, 0) is 56.8 Å². The fraction of sp³-hybridized carbons (Fsp3) is 0.600. The van der Waals surface area contributed by atoms with Crippen LogP contribution in [0.1, 0.15) is 43.5 Å². The smallest absolute Gasteiger partial charge is 0.236 e. The molecule has 1 unspecified atom stereocenters. The first-order valence-corrected chi connectivity index (χ1v) is 10.4. The maximum absolute atomic E-state index is 12.6. The number of hydrogen-bond acceptors (Lipinski definition) is 4. The Bertz CT molecular complexity index is 702. The van der Waals surface area contributed by atoms with Crippen molar-refractivity contribution in [3.05, 3.63) is 29.3 Å². The molecular formula is C20H27N3OS. The molecule has 0 spiro atoms. The second-order valence-electron chi connectivity index (χ2n) is 7.66. The summed E-state index contributed by atoms with van der Waals surface area (Å²) in [6.07, 6.45) is 4.65. The van der Waals surface area contributed by atoms with Crippen LogP contribution in [0.4, 0.5) is 0 Å². The van der Waals surface area contributed by atoms with Gasteiger partial charge in [0, 0.05) is 19.0 Å². The van der Waals surface area contributed by atoms with Crippen LogP contribution in [0.25, 0.3) is 10.2 Å². The molecule has 134 valence electrons. The lowest BCUT2D eigenvalue weighted by atomic mass is 9.97. The number of rotatable bonds is 3. The molecule has 1 aromatic heterocycles. The molecule has 2 aliphatic rings. The summed E-state index contributed by atoms with van der Waals surface area (Å²) in [6, 6.07) is 8.40. The lowest BCUT2D eigenvalue weighted by Gasteiger charge is -2.35. The Morgan fingerprint density at radius 2 is 2.00 bits per heavy atom. The Kier molecular flexibility index (Phi) is 5.04. The number of carbonyl (C=O) groups excluding carboxylic acids is 1. The SMILES string of the molecule is CC1CCCN(C(=O)CN2CCC(c3nc4ccccc4s3)CC2)C1. The van der Waals surface area contributed by atoms with E-state index in [1.54, 1.807) is 0 Å². The minimum absolute atomic E-state index is 0.324. The van der Waals surface area contributed by atoms with Crippen LogP contribution in [0.5, 0.6) is 0 Å². The Hall–Kier alpha value is -1.46. The van der Waals surface area contributed by atoms with Gasteiger partial charge in [0.15, 0.2) is 0 Å². The van der Waals surface area contributed by atoms with Gasteiger partial charge < -0.3 is 4.90 Å². The molecule has 2 aromatic rings. The first-order chi connectivity index (χ1) is 12.2. The predicted octanol–water partition coefficient (Wildman–Crippen LogP) is 3.73. The standard InChI is InChI=1S/C20H27N3OS/c1-15-5-4-10-23(13-15)19(24)14-22-11-8-16(9-12-22)20-21-17-6-2-3-7-18(17)25-20/h2-3,6-7,15-16H,4-5,8-14H2,1H3. The third-order valence-corrected chi connectivity index (χ3v) is 6.81. The van der Waals surface area contributed by atoms with E-state index in [9.17, 15) is 4.79 Å². The molecule has 0 radical (unpaired) electrons. The largest absolute Gasteiger partial charge is 0.341 e. The molecule has 5 heteroatoms. The van der Waals surface area contributed by atoms with Crippen molar-refractivity contribution in [2.45, 2.75) is 38.5 Å². The Morgan fingerprint density at radius 3 is 2.76 bits per heavy atom. The maximum Gasteiger partial charge on any atom is 0.236 e. The van der Waals surface area contributed by atoms with Crippen LogP contribution in [-0.4, -0.2) is 53.4 Å². The fourth-order valence-electron chi connectivity index (χ4n) is 4.11. The van der Waals surface area contributed by atoms with E-state index < -0.39 is 0 Å². The zero-order valence-corrected chi connectivity index (χ0v) is 15.8. The molecule has 2 saturated heterocycles. The van der Waals surface area contributed by atoms with Crippen molar-refractivity contribution in [2.75, 3.05) is 32.7 Å². The van der Waals surface area contributed by atoms with Gasteiger partial charge in [-0.1, -0.05) is 19.1 Å². The number of aromatic nitrogens is 1. The van der Waals surface area contributed by atoms with Crippen molar-refractivity contribution in [3.8, 4) is 0 Å². The van der Waals surface area contributed by atoms with Gasteiger partial charge in [0.1, 0.15) is 0 Å². The van der Waals surface area contributed by atoms with Crippen LogP contribution in [0.2, 0.25) is 0 Å². The van der Waals surface area contributed by atoms with Gasteiger partial charge in [0.2, 0.25) is 5.91 Å². The number of fused-ring (bicyclic) bond motifs is 1. The quantitative estimate of drug-likeness (QED) is 0.840. The zero-order chi connectivity index (χ0) is 17.2. The summed E-state index contributed by atoms with van der Waals surface area (Å²) in [5, 5.41) is 1.28. The summed E-state index contributed by atoms with van der Waals surface area (Å²) in [5.41, 5.74) is 1.12. The molecule has 0 saturated carbocycles. The molecular weight excluding hydrogens is 330 g/mol. The number of para-hydroxylation sites is 1. The van der Waals surface area contributed by atoms with Crippen LogP contribution in [0, 0.1) is 5.92 Å². The van der Waals surface area contributed by atoms with Gasteiger partial charge in [0.25, 0.3) is 0 Å². The Labute approximate surface area is 153 Å². The fourth-order valence-corrected chi connectivity index (χ4v) is 5.25. The second kappa shape index (κ2) is 7.42. The van der Waals surface area contributed by atoms with Crippen LogP contribution in [0.15, 0.2) is 24.3 Å². The van der Waals surface area contributed by atoms with Gasteiger partial charge in [-0.2, -0.15) is 0 Å². The van der Waals surface area contributed by atoms with Gasteiger partial charge >= 0.3 is 0 Å². The van der Waals surface area contributed by atoms with E-state index in [0.717, 1.165) is 51.0 Å². The average Bonchev–Trinajstić information content (AvgIpc) is 3.06. The Balaban J connectivity index is 1.31. The van der Waals surface area contributed by atoms with Crippen molar-refractivity contribution in [1.29, 1.82) is 0 Å². The van der Waals surface area contributed by atoms with E-state index >= 15 is 0 Å². The molecule has 0 aliphatic carbocycles. The number of likely N-dealkylation sites (tertiary alicyclic amines) is 2. The second-order valence-corrected chi connectivity index (χ2v) is 8.72. The molecule has 25 heavy (non-hydrogen) atoms. The minimum atomic E-state index is 0.324. The van der Waals surface area contributed by atoms with Crippen LogP contribution < -0.4 is 0 Å². The summed E-state index contributed by atoms with van der Waals surface area (Å²) in [6.45, 7) is 6.76. The lowest BCUT2D eigenvalue weighted by molar-refractivity contribution is -0.134. The van der Waals surface area contributed by atoms with Crippen molar-refractivity contribution in [1.82, 2.24) is 14.8 Å². The molecule has 4 nitrogen and oxygen atoms in total. The molecule has 4 rings (SSSR count). The van der Waals surface area contributed by atoms with Crippen molar-refractivity contribution < 1.29 is 4.79 Å². The van der Waals surface area contributed by atoms with E-state index in [1.807, 2.05) is 11.3 Å². The topological polar surface area (TPSA) is 36.4 Å². The molecule has 1 atom stereocenters. The van der Waals surface area contributed by atoms with Crippen LogP contribution >= 0.6 is 11.3 Å². The number of hydrogen-bond donors (Lipinski definition) is 0. The van der Waals surface area contributed by atoms with Gasteiger partial charge in [-0.15, -0.1) is 11.3 Å². The predicted molar refractivity (Wildman–Crippen MR) is 103 cm³/mol. The summed E-state index contributed by atoms with van der Waals surface area (Å²) in [4.78, 5) is 21.8. The molecule has 1 aromatic carbocycles. The lowest BCUT2D eigenvalue weighted by Crippen LogP contribution is -2.46. The highest BCUT2D eigenvalue weighted by Gasteiger charge is 2.27. The first-order valence-electron chi connectivity index (χ1n) is 9.54. The average molecular weight is 358 g/mol. The van der Waals surface area contributed by atoms with Gasteiger partial charge in [0.05, 0.1) is 21.8 Å². The van der Waals surface area contributed by atoms with E-state index in [1.165, 1.54) is 16.1 Å². The first kappa shape index (κ1) is 17.0. The van der Waals surface area contributed by atoms with Crippen molar-refractivity contribution >= 4 is 27.5 Å². The summed E-state index contributed by atoms with van der Waals surface area (Å²) in [7, 11) is 0. The molecule has 2 fully saturated rings. The van der Waals surface area contributed by atoms with E-state index in [-0.39, 0.29) is 0 Å². The number of nitrogens with zero attached hydrogens (tertiary/aromatic N) is 3. The Morgan fingerprint density at radius 1 is 1.20 bits per heavy atom. The number of thiazole rings is 1. The number of piperidine rings is 2.